The van der Waals surface area contributed by atoms with Crippen molar-refractivity contribution in [2.75, 3.05) is 0 Å². The first-order valence-corrected chi connectivity index (χ1v) is 10.4. The quantitative estimate of drug-likeness (QED) is 0.548. The van der Waals surface area contributed by atoms with Crippen LogP contribution in [0.2, 0.25) is 5.02 Å². The highest BCUT2D eigenvalue weighted by atomic mass is 35.5. The molecule has 4 nitrogen and oxygen atoms in total. The summed E-state index contributed by atoms with van der Waals surface area (Å²) in [4.78, 5) is 27.8. The number of carbonyl (C=O) groups is 2. The highest BCUT2D eigenvalue weighted by Gasteiger charge is 2.30. The molecule has 0 radical (unpaired) electrons. The molecule has 0 aliphatic carbocycles. The minimum atomic E-state index is -0.724. The van der Waals surface area contributed by atoms with Gasteiger partial charge >= 0.3 is 0 Å². The molecule has 2 amide bonds. The standard InChI is InChI=1S/C25H25ClN2O2/c1-2-23(29)28(18-20-13-15-22(26)16-14-20)24(21-11-7-4-8-12-21)25(30)27-17-19-9-5-3-6-10-19/h3-16,24H,2,17-18H2,1H3,(H,27,30)/t24-/m0/s1. The first kappa shape index (κ1) is 21.6. The van der Waals surface area contributed by atoms with Gasteiger partial charge in [-0.1, -0.05) is 91.3 Å². The normalized spacial score (nSPS) is 11.5. The molecule has 0 heterocycles. The Bertz CT molecular complexity index is 959. The number of halogens is 1. The smallest absolute Gasteiger partial charge is 0.247 e. The maximum atomic E-state index is 13.3. The maximum Gasteiger partial charge on any atom is 0.247 e. The first-order chi connectivity index (χ1) is 14.6. The molecule has 1 atom stereocenters. The van der Waals surface area contributed by atoms with Crippen LogP contribution in [0.5, 0.6) is 0 Å². The third-order valence-electron chi connectivity index (χ3n) is 4.87. The molecular formula is C25H25ClN2O2. The van der Waals surface area contributed by atoms with Crippen molar-refractivity contribution in [1.29, 1.82) is 0 Å². The van der Waals surface area contributed by atoms with Gasteiger partial charge in [0, 0.05) is 24.5 Å². The fourth-order valence-corrected chi connectivity index (χ4v) is 3.43. The Morgan fingerprint density at radius 1 is 0.867 bits per heavy atom. The maximum absolute atomic E-state index is 13.3. The van der Waals surface area contributed by atoms with Crippen molar-refractivity contribution < 1.29 is 9.59 Å². The van der Waals surface area contributed by atoms with Gasteiger partial charge in [0.25, 0.3) is 0 Å². The van der Waals surface area contributed by atoms with Crippen LogP contribution in [0.3, 0.4) is 0 Å². The molecule has 0 bridgehead atoms. The van der Waals surface area contributed by atoms with Crippen LogP contribution in [0, 0.1) is 0 Å². The molecule has 0 aromatic heterocycles. The van der Waals surface area contributed by atoms with Crippen LogP contribution in [0.25, 0.3) is 0 Å². The van der Waals surface area contributed by atoms with Crippen LogP contribution in [-0.4, -0.2) is 16.7 Å². The van der Waals surface area contributed by atoms with E-state index in [1.807, 2.05) is 72.8 Å². The lowest BCUT2D eigenvalue weighted by atomic mass is 10.0. The van der Waals surface area contributed by atoms with Crippen LogP contribution < -0.4 is 5.32 Å². The molecule has 0 unspecified atom stereocenters. The zero-order valence-corrected chi connectivity index (χ0v) is 17.7. The van der Waals surface area contributed by atoms with E-state index in [0.29, 0.717) is 24.5 Å². The lowest BCUT2D eigenvalue weighted by Crippen LogP contribution is -2.43. The van der Waals surface area contributed by atoms with Crippen molar-refractivity contribution in [2.24, 2.45) is 0 Å². The van der Waals surface area contributed by atoms with E-state index >= 15 is 0 Å². The second-order valence-electron chi connectivity index (χ2n) is 7.02. The highest BCUT2D eigenvalue weighted by molar-refractivity contribution is 6.30. The van der Waals surface area contributed by atoms with Gasteiger partial charge in [-0.25, -0.2) is 0 Å². The summed E-state index contributed by atoms with van der Waals surface area (Å²) in [6, 6.07) is 25.7. The Labute approximate surface area is 182 Å². The molecule has 0 aliphatic rings. The third kappa shape index (κ3) is 5.71. The van der Waals surface area contributed by atoms with Gasteiger partial charge in [-0.15, -0.1) is 0 Å². The largest absolute Gasteiger partial charge is 0.350 e. The summed E-state index contributed by atoms with van der Waals surface area (Å²) in [5.74, 6) is -0.297. The second kappa shape index (κ2) is 10.6. The van der Waals surface area contributed by atoms with Gasteiger partial charge in [0.1, 0.15) is 6.04 Å². The lowest BCUT2D eigenvalue weighted by molar-refractivity contribution is -0.141. The number of benzene rings is 3. The molecule has 0 aliphatic heterocycles. The number of hydrogen-bond donors (Lipinski definition) is 1. The summed E-state index contributed by atoms with van der Waals surface area (Å²) in [7, 11) is 0. The molecule has 0 spiro atoms. The van der Waals surface area contributed by atoms with E-state index in [1.54, 1.807) is 24.0 Å². The molecule has 0 saturated heterocycles. The summed E-state index contributed by atoms with van der Waals surface area (Å²) >= 11 is 6.00. The summed E-state index contributed by atoms with van der Waals surface area (Å²) in [6.45, 7) is 2.53. The van der Waals surface area contributed by atoms with Crippen molar-refractivity contribution in [3.05, 3.63) is 107 Å². The van der Waals surface area contributed by atoms with E-state index in [4.69, 9.17) is 11.6 Å². The van der Waals surface area contributed by atoms with Gasteiger partial charge < -0.3 is 10.2 Å². The summed E-state index contributed by atoms with van der Waals surface area (Å²) < 4.78 is 0. The van der Waals surface area contributed by atoms with Gasteiger partial charge in [-0.3, -0.25) is 9.59 Å². The lowest BCUT2D eigenvalue weighted by Gasteiger charge is -2.31. The molecule has 1 N–H and O–H groups in total. The third-order valence-corrected chi connectivity index (χ3v) is 5.13. The number of amides is 2. The van der Waals surface area contributed by atoms with E-state index in [2.05, 4.69) is 5.32 Å². The monoisotopic (exact) mass is 420 g/mol. The minimum absolute atomic E-state index is 0.0892. The molecule has 5 heteroatoms. The molecule has 0 fully saturated rings. The van der Waals surface area contributed by atoms with Gasteiger partial charge in [-0.2, -0.15) is 0 Å². The number of nitrogens with zero attached hydrogens (tertiary/aromatic N) is 1. The first-order valence-electron chi connectivity index (χ1n) is 9.99. The second-order valence-corrected chi connectivity index (χ2v) is 7.45. The van der Waals surface area contributed by atoms with E-state index in [0.717, 1.165) is 16.7 Å². The SMILES string of the molecule is CCC(=O)N(Cc1ccc(Cl)cc1)[C@H](C(=O)NCc1ccccc1)c1ccccc1. The van der Waals surface area contributed by atoms with Crippen molar-refractivity contribution in [3.63, 3.8) is 0 Å². The van der Waals surface area contributed by atoms with Gasteiger partial charge in [0.2, 0.25) is 11.8 Å². The van der Waals surface area contributed by atoms with Gasteiger partial charge in [0.05, 0.1) is 0 Å². The molecule has 3 aromatic rings. The molecule has 30 heavy (non-hydrogen) atoms. The Balaban J connectivity index is 1.89. The Hall–Kier alpha value is -3.11. The van der Waals surface area contributed by atoms with E-state index in [9.17, 15) is 9.59 Å². The zero-order valence-electron chi connectivity index (χ0n) is 16.9. The number of nitrogens with one attached hydrogen (secondary N) is 1. The zero-order chi connectivity index (χ0) is 21.3. The molecule has 3 rings (SSSR count). The van der Waals surface area contributed by atoms with Crippen LogP contribution in [0.15, 0.2) is 84.9 Å². The molecule has 3 aromatic carbocycles. The van der Waals surface area contributed by atoms with Crippen molar-refractivity contribution in [3.8, 4) is 0 Å². The number of carbonyl (C=O) groups excluding carboxylic acids is 2. The molecular weight excluding hydrogens is 396 g/mol. The van der Waals surface area contributed by atoms with Crippen molar-refractivity contribution >= 4 is 23.4 Å². The van der Waals surface area contributed by atoms with E-state index in [1.165, 1.54) is 0 Å². The van der Waals surface area contributed by atoms with E-state index in [-0.39, 0.29) is 11.8 Å². The van der Waals surface area contributed by atoms with E-state index < -0.39 is 6.04 Å². The summed E-state index contributed by atoms with van der Waals surface area (Å²) in [5, 5.41) is 3.63. The van der Waals surface area contributed by atoms with Gasteiger partial charge in [-0.05, 0) is 28.8 Å². The average molecular weight is 421 g/mol. The summed E-state index contributed by atoms with van der Waals surface area (Å²) in [6.07, 6.45) is 0.308. The fraction of sp³-hybridized carbons (Fsp3) is 0.200. The molecule has 154 valence electrons. The number of rotatable bonds is 8. The minimum Gasteiger partial charge on any atom is -0.350 e. The topological polar surface area (TPSA) is 49.4 Å². The Kier molecular flexibility index (Phi) is 7.63. The average Bonchev–Trinajstić information content (AvgIpc) is 2.79. The van der Waals surface area contributed by atoms with Crippen LogP contribution in [0.1, 0.15) is 36.1 Å². The predicted octanol–water partition coefficient (Wildman–Crippen LogP) is 5.14. The fourth-order valence-electron chi connectivity index (χ4n) is 3.30. The summed E-state index contributed by atoms with van der Waals surface area (Å²) in [5.41, 5.74) is 2.69. The molecule has 0 saturated carbocycles. The van der Waals surface area contributed by atoms with Crippen LogP contribution in [0.4, 0.5) is 0 Å². The van der Waals surface area contributed by atoms with Crippen molar-refractivity contribution in [2.45, 2.75) is 32.5 Å². The Morgan fingerprint density at radius 3 is 2.07 bits per heavy atom. The van der Waals surface area contributed by atoms with Gasteiger partial charge in [0.15, 0.2) is 0 Å². The van der Waals surface area contributed by atoms with Crippen LogP contribution >= 0.6 is 11.6 Å². The highest BCUT2D eigenvalue weighted by Crippen LogP contribution is 2.25. The van der Waals surface area contributed by atoms with Crippen molar-refractivity contribution in [1.82, 2.24) is 10.2 Å². The predicted molar refractivity (Wildman–Crippen MR) is 120 cm³/mol. The number of hydrogen-bond acceptors (Lipinski definition) is 2. The van der Waals surface area contributed by atoms with Crippen LogP contribution in [-0.2, 0) is 22.7 Å². The Morgan fingerprint density at radius 2 is 1.47 bits per heavy atom.